The Morgan fingerprint density at radius 2 is 0.814 bits per heavy atom. The Bertz CT molecular complexity index is 5330. The summed E-state index contributed by atoms with van der Waals surface area (Å²) < 4.78 is 2.47. The molecule has 0 unspecified atom stereocenters. The van der Waals surface area contributed by atoms with Crippen LogP contribution in [0.4, 0.5) is 103 Å². The van der Waals surface area contributed by atoms with E-state index in [1.807, 2.05) is 11.3 Å². The number of rotatable bonds is 10. The van der Waals surface area contributed by atoms with Gasteiger partial charge in [-0.25, -0.2) is 4.98 Å². The first kappa shape index (κ1) is 57.0. The monoisotopic (exact) mass is 1270 g/mol. The van der Waals surface area contributed by atoms with Gasteiger partial charge in [0.05, 0.1) is 5.69 Å². The fraction of sp³-hybridized carbons (Fsp3) is 0.0941. The summed E-state index contributed by atoms with van der Waals surface area (Å²) in [6.07, 6.45) is 2.22. The molecule has 7 heterocycles. The average molecular weight is 1270 g/mol. The van der Waals surface area contributed by atoms with Crippen LogP contribution in [0.25, 0.3) is 10.1 Å². The third kappa shape index (κ3) is 8.89. The van der Waals surface area contributed by atoms with Crippen molar-refractivity contribution in [3.8, 4) is 0 Å². The van der Waals surface area contributed by atoms with Gasteiger partial charge in [-0.05, 0) is 172 Å². The van der Waals surface area contributed by atoms with Gasteiger partial charge in [-0.3, -0.25) is 24.5 Å². The molecule has 11 aromatic carbocycles. The summed E-state index contributed by atoms with van der Waals surface area (Å²) >= 11 is 1.90. The van der Waals surface area contributed by atoms with Gasteiger partial charge in [-0.2, -0.15) is 9.97 Å². The second-order valence-corrected chi connectivity index (χ2v) is 28.5. The van der Waals surface area contributed by atoms with E-state index in [0.29, 0.717) is 5.95 Å². The van der Waals surface area contributed by atoms with E-state index in [-0.39, 0.29) is 24.3 Å². The second kappa shape index (κ2) is 22.1. The Hall–Kier alpha value is -11.5. The molecule has 0 amide bonds. The van der Waals surface area contributed by atoms with E-state index in [1.165, 1.54) is 42.4 Å². The van der Waals surface area contributed by atoms with E-state index in [1.54, 1.807) is 0 Å². The van der Waals surface area contributed by atoms with E-state index < -0.39 is 0 Å². The lowest BCUT2D eigenvalue weighted by molar-refractivity contribution is 0.332. The molecular weight excluding hydrogens is 1200 g/mol. The minimum absolute atomic E-state index is 0.0157. The molecule has 0 saturated heterocycles. The highest BCUT2D eigenvalue weighted by Gasteiger charge is 2.52. The third-order valence-corrected chi connectivity index (χ3v) is 22.0. The molecule has 19 rings (SSSR count). The van der Waals surface area contributed by atoms with Crippen LogP contribution >= 0.6 is 11.3 Å². The second-order valence-electron chi connectivity index (χ2n) is 27.4. The van der Waals surface area contributed by atoms with Crippen LogP contribution in [0.15, 0.2) is 297 Å². The van der Waals surface area contributed by atoms with Gasteiger partial charge in [-0.15, -0.1) is 11.3 Å². The van der Waals surface area contributed by atoms with Crippen molar-refractivity contribution in [1.29, 1.82) is 0 Å². The zero-order chi connectivity index (χ0) is 64.7. The van der Waals surface area contributed by atoms with Crippen LogP contribution in [-0.2, 0) is 10.8 Å². The first-order valence-electron chi connectivity index (χ1n) is 33.7. The largest absolute Gasteiger partial charge is 0.311 e. The summed E-state index contributed by atoms with van der Waals surface area (Å²) in [6, 6.07) is 108. The number of hydrogen-bond donors (Lipinski definition) is 0. The highest BCUT2D eigenvalue weighted by atomic mass is 32.1. The van der Waals surface area contributed by atoms with Crippen molar-refractivity contribution >= 4 is 170 Å². The Labute approximate surface area is 570 Å². The number of thiophene rings is 1. The predicted octanol–water partition coefficient (Wildman–Crippen LogP) is 18.5. The number of hydrogen-bond acceptors (Lipinski definition) is 10. The normalized spacial score (nSPS) is 14.8. The first-order valence-corrected chi connectivity index (χ1v) is 34.5. The van der Waals surface area contributed by atoms with Gasteiger partial charge < -0.3 is 4.90 Å². The molecule has 14 aromatic rings. The van der Waals surface area contributed by atoms with Crippen molar-refractivity contribution in [2.75, 3.05) is 29.4 Å². The number of anilines is 18. The molecule has 0 N–H and O–H groups in total. The molecule has 0 atom stereocenters. The van der Waals surface area contributed by atoms with E-state index in [2.05, 4.69) is 354 Å². The van der Waals surface area contributed by atoms with Crippen molar-refractivity contribution in [3.63, 3.8) is 0 Å². The van der Waals surface area contributed by atoms with E-state index in [9.17, 15) is 0 Å². The molecule has 97 heavy (non-hydrogen) atoms. The number of nitrogens with zero attached hydrogens (tertiary/aromatic N) is 9. The lowest BCUT2D eigenvalue weighted by Crippen LogP contribution is -2.65. The number of para-hydroxylation sites is 8. The zero-order valence-electron chi connectivity index (χ0n) is 54.3. The topological polar surface area (TPSA) is 58.1 Å². The fourth-order valence-electron chi connectivity index (χ4n) is 16.2. The third-order valence-electron chi connectivity index (χ3n) is 20.8. The number of fused-ring (bicyclic) bond motifs is 11. The van der Waals surface area contributed by atoms with Crippen LogP contribution in [0, 0.1) is 0 Å². The maximum Gasteiger partial charge on any atom is 0.268 e. The molecule has 9 nitrogen and oxygen atoms in total. The van der Waals surface area contributed by atoms with Gasteiger partial charge in [0.25, 0.3) is 13.4 Å². The fourth-order valence-corrected chi connectivity index (χ4v) is 17.6. The minimum atomic E-state index is -0.311. The molecule has 0 bridgehead atoms. The Morgan fingerprint density at radius 1 is 0.351 bits per heavy atom. The van der Waals surface area contributed by atoms with Crippen molar-refractivity contribution in [3.05, 3.63) is 308 Å². The van der Waals surface area contributed by atoms with Gasteiger partial charge in [-0.1, -0.05) is 204 Å². The van der Waals surface area contributed by atoms with Crippen LogP contribution in [0.2, 0.25) is 0 Å². The minimum Gasteiger partial charge on any atom is -0.311 e. The van der Waals surface area contributed by atoms with Crippen molar-refractivity contribution in [2.45, 2.75) is 51.4 Å². The van der Waals surface area contributed by atoms with Crippen LogP contribution < -0.4 is 61.5 Å². The summed E-state index contributed by atoms with van der Waals surface area (Å²) in [6.45, 7) is 9.14. The molecule has 1 aliphatic carbocycles. The van der Waals surface area contributed by atoms with Crippen LogP contribution in [0.1, 0.15) is 51.7 Å². The van der Waals surface area contributed by atoms with Gasteiger partial charge >= 0.3 is 0 Å². The highest BCUT2D eigenvalue weighted by molar-refractivity contribution is 7.33. The standard InChI is InChI=1S/C85H65B2N9S/c1-84(2)50-51-85(3,4)66-52-63(48-49-65(66)84)96-78-64-44-26-29-47-74(64)97-79(78)87-69-53-68-71(54-72(69)95(62-42-24-11-25-43-62)81-77(87)82(96)90-83(89-81)92(58-34-16-7-17-35-58)59-36-18-8-19-37-59)93(60-38-20-9-21-39-60)73-55-75(91(56-30-12-5-13-31-56)57-32-14-6-15-33-57)88-80-76(73)86(68)67-45-27-28-46-70(67)94(80)61-40-22-10-23-41-61/h5-49,52-55H,50-51H2,1-4H3. The van der Waals surface area contributed by atoms with Crippen molar-refractivity contribution in [1.82, 2.24) is 15.0 Å². The van der Waals surface area contributed by atoms with E-state index in [4.69, 9.17) is 15.0 Å². The smallest absolute Gasteiger partial charge is 0.268 e. The lowest BCUT2D eigenvalue weighted by atomic mass is 9.31. The van der Waals surface area contributed by atoms with E-state index >= 15 is 0 Å². The van der Waals surface area contributed by atoms with Gasteiger partial charge in [0, 0.05) is 94.6 Å². The maximum absolute atomic E-state index is 6.13. The first-order chi connectivity index (χ1) is 47.6. The van der Waals surface area contributed by atoms with Crippen LogP contribution in [0.3, 0.4) is 0 Å². The highest BCUT2D eigenvalue weighted by Crippen LogP contribution is 2.54. The summed E-state index contributed by atoms with van der Waals surface area (Å²) in [5.41, 5.74) is 22.0. The molecule has 5 aliphatic rings. The summed E-state index contributed by atoms with van der Waals surface area (Å²) in [4.78, 5) is 32.7. The number of aromatic nitrogens is 3. The molecule has 0 spiro atoms. The summed E-state index contributed by atoms with van der Waals surface area (Å²) in [5.74, 6) is 3.91. The predicted molar refractivity (Wildman–Crippen MR) is 408 cm³/mol. The van der Waals surface area contributed by atoms with Crippen molar-refractivity contribution in [2.24, 2.45) is 0 Å². The molecule has 0 saturated carbocycles. The molecule has 462 valence electrons. The summed E-state index contributed by atoms with van der Waals surface area (Å²) in [7, 11) is 0. The zero-order valence-corrected chi connectivity index (χ0v) is 55.1. The van der Waals surface area contributed by atoms with E-state index in [0.717, 1.165) is 121 Å². The lowest BCUT2D eigenvalue weighted by Gasteiger charge is -2.46. The molecular formula is C85H65B2N9S. The number of pyridine rings is 1. The Kier molecular flexibility index (Phi) is 13.0. The van der Waals surface area contributed by atoms with Crippen LogP contribution in [0.5, 0.6) is 0 Å². The van der Waals surface area contributed by atoms with Gasteiger partial charge in [0.2, 0.25) is 5.95 Å². The quantitative estimate of drug-likeness (QED) is 0.125. The van der Waals surface area contributed by atoms with Crippen molar-refractivity contribution < 1.29 is 0 Å². The maximum atomic E-state index is 6.13. The Morgan fingerprint density at radius 3 is 1.41 bits per heavy atom. The van der Waals surface area contributed by atoms with Crippen LogP contribution in [-0.4, -0.2) is 28.4 Å². The average Bonchev–Trinajstić information content (AvgIpc) is 1.63. The molecule has 3 aromatic heterocycles. The molecule has 0 radical (unpaired) electrons. The Balaban J connectivity index is 0.945. The molecule has 4 aliphatic heterocycles. The molecule has 12 heteroatoms. The van der Waals surface area contributed by atoms with Gasteiger partial charge in [0.1, 0.15) is 23.3 Å². The van der Waals surface area contributed by atoms with Gasteiger partial charge in [0.15, 0.2) is 0 Å². The SMILES string of the molecule is CC1(C)CCC(C)(C)c2cc(N3c4nc(N(c5ccccc5)c5ccccc5)nc5c4B(c4cc6c(cc4N5c4ccccc4)N(c4ccccc4)c4cc(N(c5ccccc5)c5ccccc5)nc5c4B6c4ccccc4N5c4ccccc4)c4sc5ccccc5c43)ccc21. The summed E-state index contributed by atoms with van der Waals surface area (Å²) in [5, 5.41) is 1.19. The number of benzene rings is 11. The molecule has 0 fully saturated rings.